The van der Waals surface area contributed by atoms with Gasteiger partial charge in [0.1, 0.15) is 24.9 Å². The molecule has 0 aromatic carbocycles. The minimum Gasteiger partial charge on any atom is -0.457 e. The number of aliphatic hydroxyl groups is 3. The Morgan fingerprint density at radius 1 is 0.892 bits per heavy atom. The summed E-state index contributed by atoms with van der Waals surface area (Å²) in [6, 6.07) is -1.36. The van der Waals surface area contributed by atoms with E-state index in [-0.39, 0.29) is 6.42 Å². The minimum atomic E-state index is -1.85. The van der Waals surface area contributed by atoms with E-state index in [1.54, 1.807) is 0 Å². The summed E-state index contributed by atoms with van der Waals surface area (Å²) in [5.74, 6) is -0.598. The molecular formula is C25H44Cl3NO8. The predicted octanol–water partition coefficient (Wildman–Crippen LogP) is 4.91. The molecule has 37 heavy (non-hydrogen) atoms. The summed E-state index contributed by atoms with van der Waals surface area (Å²) in [4.78, 5) is 24.5. The van der Waals surface area contributed by atoms with Crippen LogP contribution in [0.15, 0.2) is 0 Å². The van der Waals surface area contributed by atoms with Crippen molar-refractivity contribution in [3.8, 4) is 0 Å². The van der Waals surface area contributed by atoms with Crippen LogP contribution < -0.4 is 5.32 Å². The molecule has 1 fully saturated rings. The van der Waals surface area contributed by atoms with Crippen LogP contribution in [0.25, 0.3) is 0 Å². The number of aliphatic hydroxyl groups excluding tert-OH is 3. The van der Waals surface area contributed by atoms with Gasteiger partial charge in [-0.1, -0.05) is 119 Å². The van der Waals surface area contributed by atoms with Crippen LogP contribution in [-0.4, -0.2) is 75.0 Å². The highest BCUT2D eigenvalue weighted by Gasteiger charge is 2.47. The maximum atomic E-state index is 12.4. The average molecular weight is 593 g/mol. The summed E-state index contributed by atoms with van der Waals surface area (Å²) in [6.07, 6.45) is 8.53. The fourth-order valence-corrected chi connectivity index (χ4v) is 4.36. The summed E-state index contributed by atoms with van der Waals surface area (Å²) in [5.41, 5.74) is 0. The molecule has 0 radical (unpaired) electrons. The number of unbranched alkanes of at least 4 members (excludes halogenated alkanes) is 12. The van der Waals surface area contributed by atoms with E-state index < -0.39 is 59.7 Å². The van der Waals surface area contributed by atoms with Gasteiger partial charge in [0.05, 0.1) is 6.61 Å². The van der Waals surface area contributed by atoms with E-state index in [2.05, 4.69) is 12.2 Å². The van der Waals surface area contributed by atoms with Crippen LogP contribution in [0.2, 0.25) is 0 Å². The van der Waals surface area contributed by atoms with Gasteiger partial charge in [0.2, 0.25) is 3.79 Å². The maximum Gasteiger partial charge on any atom is 0.407 e. The van der Waals surface area contributed by atoms with Gasteiger partial charge in [-0.15, -0.1) is 0 Å². The topological polar surface area (TPSA) is 135 Å². The number of esters is 1. The Bertz CT molecular complexity index is 638. The Morgan fingerprint density at radius 2 is 1.41 bits per heavy atom. The summed E-state index contributed by atoms with van der Waals surface area (Å²) >= 11 is 16.6. The van der Waals surface area contributed by atoms with Crippen LogP contribution in [0.1, 0.15) is 96.8 Å². The molecule has 5 atom stereocenters. The molecule has 1 rings (SSSR count). The Kier molecular flexibility index (Phi) is 18.2. The summed E-state index contributed by atoms with van der Waals surface area (Å²) in [5, 5.41) is 32.4. The van der Waals surface area contributed by atoms with Crippen LogP contribution >= 0.6 is 34.8 Å². The number of rotatable bonds is 18. The molecule has 1 aliphatic heterocycles. The lowest BCUT2D eigenvalue weighted by Gasteiger charge is -2.41. The van der Waals surface area contributed by atoms with Crippen LogP contribution in [-0.2, 0) is 19.0 Å². The molecule has 0 bridgehead atoms. The molecule has 9 nitrogen and oxygen atoms in total. The largest absolute Gasteiger partial charge is 0.457 e. The van der Waals surface area contributed by atoms with Crippen LogP contribution in [0.5, 0.6) is 0 Å². The van der Waals surface area contributed by atoms with Gasteiger partial charge in [0.25, 0.3) is 0 Å². The number of carbonyl (C=O) groups is 2. The highest BCUT2D eigenvalue weighted by molar-refractivity contribution is 6.67. The first-order valence-electron chi connectivity index (χ1n) is 13.4. The Balaban J connectivity index is 2.35. The lowest BCUT2D eigenvalue weighted by Crippen LogP contribution is -2.65. The molecule has 0 saturated carbocycles. The number of alkyl halides is 3. The monoisotopic (exact) mass is 591 g/mol. The Labute approximate surface area is 235 Å². The zero-order valence-electron chi connectivity index (χ0n) is 21.7. The second-order valence-corrected chi connectivity index (χ2v) is 12.1. The first-order valence-corrected chi connectivity index (χ1v) is 14.5. The third kappa shape index (κ3) is 15.6. The van der Waals surface area contributed by atoms with E-state index >= 15 is 0 Å². The van der Waals surface area contributed by atoms with Crippen LogP contribution in [0.4, 0.5) is 4.79 Å². The normalized spacial score (nSPS) is 24.0. The standard InChI is InChI=1S/C25H44Cl3NO8/c1-2-3-4-5-6-7-8-9-10-11-12-13-14-15-19(31)37-22-20(23(33)36-18(16-30)21(22)32)29-24(34)35-17-25(26,27)28/h18,20-23,30,32-33H,2-17H2,1H3,(H,29,34)/t18-,20-,21-,22-,23+/m1/s1. The highest BCUT2D eigenvalue weighted by atomic mass is 35.6. The van der Waals surface area contributed by atoms with Crippen LogP contribution in [0, 0.1) is 0 Å². The molecule has 1 amide bonds. The second kappa shape index (κ2) is 19.5. The molecule has 0 spiro atoms. The molecule has 1 aliphatic rings. The number of ether oxygens (including phenoxy) is 3. The molecule has 1 saturated heterocycles. The minimum absolute atomic E-state index is 0.117. The third-order valence-electron chi connectivity index (χ3n) is 6.28. The highest BCUT2D eigenvalue weighted by Crippen LogP contribution is 2.27. The number of nitrogens with one attached hydrogen (secondary N) is 1. The van der Waals surface area contributed by atoms with Gasteiger partial charge in [0, 0.05) is 6.42 Å². The van der Waals surface area contributed by atoms with Gasteiger partial charge in [-0.25, -0.2) is 4.79 Å². The quantitative estimate of drug-likeness (QED) is 0.100. The van der Waals surface area contributed by atoms with E-state index in [9.17, 15) is 24.9 Å². The number of amides is 1. The van der Waals surface area contributed by atoms with E-state index in [4.69, 9.17) is 49.0 Å². The molecule has 1 heterocycles. The SMILES string of the molecule is CCCCCCCCCCCCCCCC(=O)O[C@H]1[C@H](O)[C@@H](CO)O[C@H](O)[C@@H]1NC(=O)OCC(Cl)(Cl)Cl. The van der Waals surface area contributed by atoms with Crippen molar-refractivity contribution in [3.05, 3.63) is 0 Å². The molecular weight excluding hydrogens is 549 g/mol. The van der Waals surface area contributed by atoms with Gasteiger partial charge < -0.3 is 34.8 Å². The van der Waals surface area contributed by atoms with Gasteiger partial charge in [-0.3, -0.25) is 4.79 Å². The summed E-state index contributed by atoms with van der Waals surface area (Å²) in [7, 11) is 0. The van der Waals surface area contributed by atoms with E-state index in [1.807, 2.05) is 0 Å². The molecule has 0 aliphatic carbocycles. The number of carbonyl (C=O) groups excluding carboxylic acids is 2. The molecule has 0 aromatic rings. The van der Waals surface area contributed by atoms with Crippen molar-refractivity contribution < 1.29 is 39.1 Å². The molecule has 4 N–H and O–H groups in total. The molecule has 218 valence electrons. The Hall–Kier alpha value is -0.550. The Morgan fingerprint density at radius 3 is 1.89 bits per heavy atom. The van der Waals surface area contributed by atoms with Crippen molar-refractivity contribution in [2.45, 2.75) is 131 Å². The van der Waals surface area contributed by atoms with E-state index in [0.717, 1.165) is 19.3 Å². The van der Waals surface area contributed by atoms with Crippen molar-refractivity contribution >= 4 is 46.9 Å². The number of halogens is 3. The first-order chi connectivity index (χ1) is 17.6. The number of hydrogen-bond donors (Lipinski definition) is 4. The first kappa shape index (κ1) is 34.5. The van der Waals surface area contributed by atoms with Gasteiger partial charge in [-0.2, -0.15) is 0 Å². The number of hydrogen-bond acceptors (Lipinski definition) is 8. The second-order valence-electron chi connectivity index (χ2n) is 9.55. The van der Waals surface area contributed by atoms with E-state index in [0.29, 0.717) is 6.42 Å². The van der Waals surface area contributed by atoms with Crippen molar-refractivity contribution in [1.82, 2.24) is 5.32 Å². The van der Waals surface area contributed by atoms with Gasteiger partial charge in [0.15, 0.2) is 12.4 Å². The van der Waals surface area contributed by atoms with Crippen molar-refractivity contribution in [2.24, 2.45) is 0 Å². The van der Waals surface area contributed by atoms with Crippen molar-refractivity contribution in [2.75, 3.05) is 13.2 Å². The summed E-state index contributed by atoms with van der Waals surface area (Å²) < 4.78 is 13.4. The smallest absolute Gasteiger partial charge is 0.407 e. The van der Waals surface area contributed by atoms with Crippen LogP contribution in [0.3, 0.4) is 0 Å². The lowest BCUT2D eigenvalue weighted by atomic mass is 9.96. The maximum absolute atomic E-state index is 12.4. The molecule has 0 aromatic heterocycles. The third-order valence-corrected chi connectivity index (χ3v) is 6.60. The van der Waals surface area contributed by atoms with Crippen molar-refractivity contribution in [1.29, 1.82) is 0 Å². The number of alkyl carbamates (subject to hydrolysis) is 1. The van der Waals surface area contributed by atoms with E-state index in [1.165, 1.54) is 57.8 Å². The average Bonchev–Trinajstić information content (AvgIpc) is 2.84. The van der Waals surface area contributed by atoms with Crippen molar-refractivity contribution in [3.63, 3.8) is 0 Å². The zero-order chi connectivity index (χ0) is 27.7. The zero-order valence-corrected chi connectivity index (χ0v) is 24.0. The molecule has 12 heteroatoms. The molecule has 0 unspecified atom stereocenters. The fraction of sp³-hybridized carbons (Fsp3) is 0.920. The lowest BCUT2D eigenvalue weighted by molar-refractivity contribution is -0.258. The fourth-order valence-electron chi connectivity index (χ4n) is 4.20. The van der Waals surface area contributed by atoms with Gasteiger partial charge in [-0.05, 0) is 6.42 Å². The summed E-state index contributed by atoms with van der Waals surface area (Å²) in [6.45, 7) is 1.03. The predicted molar refractivity (Wildman–Crippen MR) is 143 cm³/mol. The van der Waals surface area contributed by atoms with Gasteiger partial charge >= 0.3 is 12.1 Å².